The molecule has 0 rings (SSSR count). The van der Waals surface area contributed by atoms with Crippen molar-refractivity contribution in [2.45, 2.75) is 13.8 Å². The molecule has 0 radical (unpaired) electrons. The Morgan fingerprint density at radius 2 is 1.73 bits per heavy atom. The Morgan fingerprint density at radius 1 is 1.36 bits per heavy atom. The fourth-order valence-corrected chi connectivity index (χ4v) is 0.721. The number of hydrogen-bond acceptors (Lipinski definition) is 4. The highest BCUT2D eigenvalue weighted by molar-refractivity contribution is 7.43. The summed E-state index contributed by atoms with van der Waals surface area (Å²) in [5.41, 5.74) is 0. The topological polar surface area (TPSA) is 145 Å². The second kappa shape index (κ2) is 6.72. The van der Waals surface area contributed by atoms with E-state index in [9.17, 15) is 14.4 Å². The minimum Gasteiger partial charge on any atom is -0.790 e. The third-order valence-electron chi connectivity index (χ3n) is 0.566. The fourth-order valence-electron chi connectivity index (χ4n) is 0.240. The fraction of sp³-hybridized carbons (Fsp3) is 1.00. The average Bonchev–Trinajstić information content (AvgIpc) is 1.59. The Morgan fingerprint density at radius 3 is 1.82 bits per heavy atom. The molecule has 11 heavy (non-hydrogen) atoms. The third kappa shape index (κ3) is 17.8. The molecule has 7 heteroatoms. The smallest absolute Gasteiger partial charge is 0.0596 e. The van der Waals surface area contributed by atoms with Crippen molar-refractivity contribution in [1.82, 2.24) is 12.3 Å². The van der Waals surface area contributed by atoms with Crippen LogP contribution in [0.25, 0.3) is 0 Å². The lowest BCUT2D eigenvalue weighted by Gasteiger charge is -2.29. The van der Waals surface area contributed by atoms with Gasteiger partial charge in [-0.05, 0) is 5.92 Å². The standard InChI is InChI=1S/C4H11O4P.2H3N/c1-4(2)3-8-9(5,6)7;;/h4H,3H2,1-2H3,(H2,5,6,7);2*1H3. The molecule has 0 aromatic rings. The summed E-state index contributed by atoms with van der Waals surface area (Å²) in [6.45, 7) is 3.50. The van der Waals surface area contributed by atoms with Crippen LogP contribution in [0.5, 0.6) is 0 Å². The average molecular weight is 188 g/mol. The minimum absolute atomic E-state index is 0. The van der Waals surface area contributed by atoms with E-state index in [4.69, 9.17) is 0 Å². The SMILES string of the molecule is CC(C)COP(=O)([O-])[O-].[NH4+].[NH4+]. The summed E-state index contributed by atoms with van der Waals surface area (Å²) in [6, 6.07) is 0. The summed E-state index contributed by atoms with van der Waals surface area (Å²) in [5.74, 6) is 0.0706. The van der Waals surface area contributed by atoms with Gasteiger partial charge in [-0.1, -0.05) is 13.8 Å². The molecule has 0 fully saturated rings. The van der Waals surface area contributed by atoms with Crippen molar-refractivity contribution >= 4 is 7.82 Å². The van der Waals surface area contributed by atoms with E-state index in [1.54, 1.807) is 13.8 Å². The largest absolute Gasteiger partial charge is 0.790 e. The zero-order valence-corrected chi connectivity index (χ0v) is 8.26. The van der Waals surface area contributed by atoms with E-state index in [0.717, 1.165) is 0 Å². The minimum atomic E-state index is -4.72. The van der Waals surface area contributed by atoms with Gasteiger partial charge in [-0.25, -0.2) is 0 Å². The predicted octanol–water partition coefficient (Wildman–Crippen LogP) is 0.240. The predicted molar refractivity (Wildman–Crippen MR) is 40.4 cm³/mol. The highest BCUT2D eigenvalue weighted by Gasteiger charge is 1.94. The summed E-state index contributed by atoms with van der Waals surface area (Å²) in [4.78, 5) is 19.6. The van der Waals surface area contributed by atoms with Crippen molar-refractivity contribution in [3.63, 3.8) is 0 Å². The Kier molecular flexibility index (Phi) is 10.5. The molecule has 0 aliphatic heterocycles. The summed E-state index contributed by atoms with van der Waals surface area (Å²) >= 11 is 0. The van der Waals surface area contributed by atoms with Crippen LogP contribution in [0.1, 0.15) is 13.8 Å². The van der Waals surface area contributed by atoms with Crippen molar-refractivity contribution in [2.24, 2.45) is 5.92 Å². The second-order valence-electron chi connectivity index (χ2n) is 2.14. The van der Waals surface area contributed by atoms with Gasteiger partial charge in [-0.3, -0.25) is 0 Å². The zero-order chi connectivity index (χ0) is 7.49. The van der Waals surface area contributed by atoms with Gasteiger partial charge >= 0.3 is 0 Å². The Hall–Kier alpha value is 0.0300. The Balaban J connectivity index is -0.000000320. The molecule has 72 valence electrons. The maximum absolute atomic E-state index is 9.79. The van der Waals surface area contributed by atoms with Crippen LogP contribution in [0.2, 0.25) is 0 Å². The van der Waals surface area contributed by atoms with Crippen molar-refractivity contribution < 1.29 is 18.9 Å². The second-order valence-corrected chi connectivity index (χ2v) is 3.29. The van der Waals surface area contributed by atoms with E-state index in [-0.39, 0.29) is 24.8 Å². The first-order valence-corrected chi connectivity index (χ1v) is 4.04. The number of hydrogen-bond donors (Lipinski definition) is 2. The molecule has 0 heterocycles. The van der Waals surface area contributed by atoms with Crippen LogP contribution in [0, 0.1) is 5.92 Å². The van der Waals surface area contributed by atoms with E-state index in [2.05, 4.69) is 4.52 Å². The maximum Gasteiger partial charge on any atom is 0.0596 e. The summed E-state index contributed by atoms with van der Waals surface area (Å²) in [6.07, 6.45) is 0. The van der Waals surface area contributed by atoms with Gasteiger partial charge in [0.15, 0.2) is 0 Å². The van der Waals surface area contributed by atoms with Gasteiger partial charge in [0.1, 0.15) is 0 Å². The van der Waals surface area contributed by atoms with Crippen LogP contribution in [-0.4, -0.2) is 6.61 Å². The van der Waals surface area contributed by atoms with Gasteiger partial charge in [0.05, 0.1) is 14.4 Å². The molecular weight excluding hydrogens is 171 g/mol. The van der Waals surface area contributed by atoms with Crippen LogP contribution >= 0.6 is 7.82 Å². The van der Waals surface area contributed by atoms with Crippen LogP contribution in [-0.2, 0) is 9.09 Å². The lowest BCUT2D eigenvalue weighted by atomic mass is 10.2. The lowest BCUT2D eigenvalue weighted by molar-refractivity contribution is -0.342. The zero-order valence-electron chi connectivity index (χ0n) is 7.36. The van der Waals surface area contributed by atoms with E-state index in [0.29, 0.717) is 0 Å². The van der Waals surface area contributed by atoms with Crippen molar-refractivity contribution in [3.8, 4) is 0 Å². The van der Waals surface area contributed by atoms with Gasteiger partial charge in [0.2, 0.25) is 0 Å². The van der Waals surface area contributed by atoms with E-state index in [1.807, 2.05) is 0 Å². The first-order chi connectivity index (χ1) is 3.92. The summed E-state index contributed by atoms with van der Waals surface area (Å²) in [5, 5.41) is 0. The van der Waals surface area contributed by atoms with E-state index < -0.39 is 7.82 Å². The Bertz CT molecular complexity index is 123. The van der Waals surface area contributed by atoms with Gasteiger partial charge in [-0.15, -0.1) is 0 Å². The molecule has 0 spiro atoms. The highest BCUT2D eigenvalue weighted by atomic mass is 31.2. The summed E-state index contributed by atoms with van der Waals surface area (Å²) in [7, 11) is -4.72. The molecule has 6 nitrogen and oxygen atoms in total. The highest BCUT2D eigenvalue weighted by Crippen LogP contribution is 2.24. The van der Waals surface area contributed by atoms with Crippen molar-refractivity contribution in [2.75, 3.05) is 6.61 Å². The molecule has 8 N–H and O–H groups in total. The van der Waals surface area contributed by atoms with Gasteiger partial charge < -0.3 is 31.2 Å². The molecule has 0 saturated heterocycles. The van der Waals surface area contributed by atoms with Crippen molar-refractivity contribution in [3.05, 3.63) is 0 Å². The van der Waals surface area contributed by atoms with Gasteiger partial charge in [-0.2, -0.15) is 0 Å². The third-order valence-corrected chi connectivity index (χ3v) is 1.03. The van der Waals surface area contributed by atoms with Crippen LogP contribution in [0.3, 0.4) is 0 Å². The molecule has 0 aromatic heterocycles. The lowest BCUT2D eigenvalue weighted by Crippen LogP contribution is -2.18. The summed E-state index contributed by atoms with van der Waals surface area (Å²) < 4.78 is 13.7. The van der Waals surface area contributed by atoms with Crippen LogP contribution in [0.4, 0.5) is 0 Å². The normalized spacial score (nSPS) is 10.3. The van der Waals surface area contributed by atoms with Crippen LogP contribution < -0.4 is 22.1 Å². The van der Waals surface area contributed by atoms with Gasteiger partial charge in [0.25, 0.3) is 0 Å². The molecular formula is C4H17N2O4P. The molecule has 0 saturated carbocycles. The molecule has 0 bridgehead atoms. The molecule has 0 aromatic carbocycles. The number of phosphoric ester groups is 1. The number of phosphoric acid groups is 1. The Labute approximate surface area is 66.4 Å². The van der Waals surface area contributed by atoms with Crippen LogP contribution in [0.15, 0.2) is 0 Å². The molecule has 0 unspecified atom stereocenters. The monoisotopic (exact) mass is 188 g/mol. The van der Waals surface area contributed by atoms with Crippen molar-refractivity contribution in [1.29, 1.82) is 0 Å². The molecule has 0 amide bonds. The maximum atomic E-state index is 9.79. The van der Waals surface area contributed by atoms with E-state index in [1.165, 1.54) is 0 Å². The number of rotatable bonds is 3. The quantitative estimate of drug-likeness (QED) is 0.610. The molecule has 0 aliphatic carbocycles. The first kappa shape index (κ1) is 17.2. The number of quaternary nitrogens is 2. The van der Waals surface area contributed by atoms with Gasteiger partial charge in [0, 0.05) is 0 Å². The van der Waals surface area contributed by atoms with E-state index >= 15 is 0 Å². The molecule has 0 atom stereocenters. The molecule has 0 aliphatic rings. The first-order valence-electron chi connectivity index (χ1n) is 2.58.